The van der Waals surface area contributed by atoms with Gasteiger partial charge in [0.1, 0.15) is 11.4 Å². The Labute approximate surface area is 179 Å². The molecular formula is C22H20Cl2N2O3. The highest BCUT2D eigenvalue weighted by molar-refractivity contribution is 6.42. The van der Waals surface area contributed by atoms with Crippen molar-refractivity contribution in [2.45, 2.75) is 33.4 Å². The minimum Gasteiger partial charge on any atom is -0.378 e. The first kappa shape index (κ1) is 21.1. The van der Waals surface area contributed by atoms with Gasteiger partial charge in [0.15, 0.2) is 0 Å². The SMILES string of the molecule is CC(=O)N(Cc1ccc(Cl)c(Cl)c1)C1=C(NC(C)C)C(=O)c2ccccc2C1=O. The second kappa shape index (κ2) is 8.39. The van der Waals surface area contributed by atoms with E-state index in [1.165, 1.54) is 11.8 Å². The van der Waals surface area contributed by atoms with Gasteiger partial charge >= 0.3 is 0 Å². The van der Waals surface area contributed by atoms with Crippen molar-refractivity contribution in [3.05, 3.63) is 80.6 Å². The fourth-order valence-electron chi connectivity index (χ4n) is 3.21. The van der Waals surface area contributed by atoms with Crippen LogP contribution in [0.1, 0.15) is 47.1 Å². The predicted octanol–water partition coefficient (Wildman–Crippen LogP) is 4.63. The molecular weight excluding hydrogens is 411 g/mol. The molecule has 0 aliphatic heterocycles. The zero-order valence-corrected chi connectivity index (χ0v) is 17.8. The van der Waals surface area contributed by atoms with Crippen LogP contribution < -0.4 is 5.32 Å². The molecule has 1 N–H and O–H groups in total. The maximum atomic E-state index is 13.3. The van der Waals surface area contributed by atoms with Gasteiger partial charge in [-0.2, -0.15) is 0 Å². The molecule has 0 saturated heterocycles. The van der Waals surface area contributed by atoms with Crippen LogP contribution in [0, 0.1) is 0 Å². The number of rotatable bonds is 5. The van der Waals surface area contributed by atoms with Gasteiger partial charge in [-0.15, -0.1) is 0 Å². The molecule has 0 unspecified atom stereocenters. The number of amides is 1. The molecule has 0 bridgehead atoms. The molecule has 150 valence electrons. The number of ketones is 2. The Morgan fingerprint density at radius 1 is 1.00 bits per heavy atom. The van der Waals surface area contributed by atoms with Crippen molar-refractivity contribution < 1.29 is 14.4 Å². The molecule has 0 saturated carbocycles. The number of Topliss-reactive ketones (excluding diaryl/α,β-unsaturated/α-hetero) is 2. The molecule has 7 heteroatoms. The number of nitrogens with zero attached hydrogens (tertiary/aromatic N) is 1. The van der Waals surface area contributed by atoms with Crippen LogP contribution in [0.4, 0.5) is 0 Å². The zero-order valence-electron chi connectivity index (χ0n) is 16.3. The molecule has 1 aliphatic rings. The minimum atomic E-state index is -0.376. The van der Waals surface area contributed by atoms with Crippen molar-refractivity contribution in [3.63, 3.8) is 0 Å². The highest BCUT2D eigenvalue weighted by Crippen LogP contribution is 2.30. The van der Waals surface area contributed by atoms with Crippen LogP contribution in [0.15, 0.2) is 53.9 Å². The highest BCUT2D eigenvalue weighted by Gasteiger charge is 2.36. The maximum absolute atomic E-state index is 13.3. The van der Waals surface area contributed by atoms with Crippen LogP contribution in [0.2, 0.25) is 10.0 Å². The number of carbonyl (C=O) groups excluding carboxylic acids is 3. The van der Waals surface area contributed by atoms with Gasteiger partial charge in [-0.05, 0) is 31.5 Å². The monoisotopic (exact) mass is 430 g/mol. The smallest absolute Gasteiger partial charge is 0.224 e. The van der Waals surface area contributed by atoms with E-state index < -0.39 is 0 Å². The number of fused-ring (bicyclic) bond motifs is 1. The van der Waals surface area contributed by atoms with E-state index in [1.807, 2.05) is 13.8 Å². The number of benzene rings is 2. The molecule has 0 spiro atoms. The average molecular weight is 431 g/mol. The summed E-state index contributed by atoms with van der Waals surface area (Å²) in [5, 5.41) is 3.80. The summed E-state index contributed by atoms with van der Waals surface area (Å²) >= 11 is 12.1. The number of nitrogens with one attached hydrogen (secondary N) is 1. The number of hydrogen-bond donors (Lipinski definition) is 1. The quantitative estimate of drug-likeness (QED) is 0.750. The molecule has 5 nitrogen and oxygen atoms in total. The van der Waals surface area contributed by atoms with Gasteiger partial charge < -0.3 is 10.2 Å². The second-order valence-electron chi connectivity index (χ2n) is 7.08. The van der Waals surface area contributed by atoms with Gasteiger partial charge in [-0.25, -0.2) is 0 Å². The molecule has 2 aromatic rings. The lowest BCUT2D eigenvalue weighted by molar-refractivity contribution is -0.127. The number of allylic oxidation sites excluding steroid dienone is 2. The summed E-state index contributed by atoms with van der Waals surface area (Å²) in [5.41, 5.74) is 1.45. The third-order valence-corrected chi connectivity index (χ3v) is 5.24. The number of carbonyl (C=O) groups is 3. The van der Waals surface area contributed by atoms with E-state index in [0.717, 1.165) is 0 Å². The molecule has 0 radical (unpaired) electrons. The van der Waals surface area contributed by atoms with Crippen LogP contribution in [0.3, 0.4) is 0 Å². The molecule has 1 aliphatic carbocycles. The Morgan fingerprint density at radius 3 is 2.17 bits per heavy atom. The van der Waals surface area contributed by atoms with Gasteiger partial charge in [0, 0.05) is 24.1 Å². The highest BCUT2D eigenvalue weighted by atomic mass is 35.5. The first-order valence-electron chi connectivity index (χ1n) is 9.12. The van der Waals surface area contributed by atoms with E-state index >= 15 is 0 Å². The van der Waals surface area contributed by atoms with Crippen LogP contribution >= 0.6 is 23.2 Å². The summed E-state index contributed by atoms with van der Waals surface area (Å²) in [6, 6.07) is 11.5. The molecule has 0 heterocycles. The van der Waals surface area contributed by atoms with E-state index in [1.54, 1.807) is 42.5 Å². The first-order chi connectivity index (χ1) is 13.7. The van der Waals surface area contributed by atoms with Gasteiger partial charge in [-0.3, -0.25) is 14.4 Å². The Morgan fingerprint density at radius 2 is 1.62 bits per heavy atom. The lowest BCUT2D eigenvalue weighted by atomic mass is 9.89. The molecule has 2 aromatic carbocycles. The van der Waals surface area contributed by atoms with Gasteiger partial charge in [0.05, 0.1) is 16.6 Å². The van der Waals surface area contributed by atoms with Crippen molar-refractivity contribution in [3.8, 4) is 0 Å². The topological polar surface area (TPSA) is 66.5 Å². The Bertz CT molecular complexity index is 1040. The standard InChI is InChI=1S/C22H20Cl2N2O3/c1-12(2)25-19-20(22(29)16-7-5-4-6-15(16)21(19)28)26(13(3)27)11-14-8-9-17(23)18(24)10-14/h4-10,12,25H,11H2,1-3H3. The van der Waals surface area contributed by atoms with Crippen molar-refractivity contribution in [1.82, 2.24) is 10.2 Å². The Kier molecular flexibility index (Phi) is 6.10. The average Bonchev–Trinajstić information content (AvgIpc) is 2.67. The van der Waals surface area contributed by atoms with Gasteiger partial charge in [-0.1, -0.05) is 53.5 Å². The molecule has 1 amide bonds. The molecule has 0 aromatic heterocycles. The summed E-state index contributed by atoms with van der Waals surface area (Å²) in [7, 11) is 0. The summed E-state index contributed by atoms with van der Waals surface area (Å²) in [5.74, 6) is -1.06. The maximum Gasteiger partial charge on any atom is 0.224 e. The third kappa shape index (κ3) is 4.21. The summed E-state index contributed by atoms with van der Waals surface area (Å²) in [6.45, 7) is 5.15. The Hall–Kier alpha value is -2.63. The van der Waals surface area contributed by atoms with Crippen molar-refractivity contribution in [2.75, 3.05) is 0 Å². The van der Waals surface area contributed by atoms with Crippen LogP contribution in [-0.2, 0) is 11.3 Å². The molecule has 29 heavy (non-hydrogen) atoms. The second-order valence-corrected chi connectivity index (χ2v) is 7.89. The minimum absolute atomic E-state index is 0.0426. The van der Waals surface area contributed by atoms with E-state index in [2.05, 4.69) is 5.32 Å². The number of hydrogen-bond acceptors (Lipinski definition) is 4. The zero-order chi connectivity index (χ0) is 21.3. The van der Waals surface area contributed by atoms with E-state index in [-0.39, 0.29) is 47.0 Å². The lowest BCUT2D eigenvalue weighted by Gasteiger charge is -2.30. The summed E-state index contributed by atoms with van der Waals surface area (Å²) < 4.78 is 0. The number of halogens is 2. The lowest BCUT2D eigenvalue weighted by Crippen LogP contribution is -2.41. The van der Waals surface area contributed by atoms with Crippen LogP contribution in [-0.4, -0.2) is 28.4 Å². The summed E-state index contributed by atoms with van der Waals surface area (Å²) in [6.07, 6.45) is 0. The summed E-state index contributed by atoms with van der Waals surface area (Å²) in [4.78, 5) is 40.3. The van der Waals surface area contributed by atoms with Crippen molar-refractivity contribution >= 4 is 40.7 Å². The van der Waals surface area contributed by atoms with Crippen molar-refractivity contribution in [1.29, 1.82) is 0 Å². The van der Waals surface area contributed by atoms with Crippen LogP contribution in [0.25, 0.3) is 0 Å². The fourth-order valence-corrected chi connectivity index (χ4v) is 3.53. The van der Waals surface area contributed by atoms with E-state index in [9.17, 15) is 14.4 Å². The third-order valence-electron chi connectivity index (χ3n) is 4.50. The van der Waals surface area contributed by atoms with Gasteiger partial charge in [0.25, 0.3) is 0 Å². The van der Waals surface area contributed by atoms with Crippen molar-refractivity contribution in [2.24, 2.45) is 0 Å². The van der Waals surface area contributed by atoms with Gasteiger partial charge in [0.2, 0.25) is 17.5 Å². The first-order valence-corrected chi connectivity index (χ1v) is 9.87. The fraction of sp³-hybridized carbons (Fsp3) is 0.227. The van der Waals surface area contributed by atoms with E-state index in [0.29, 0.717) is 21.2 Å². The molecule has 3 rings (SSSR count). The largest absolute Gasteiger partial charge is 0.378 e. The Balaban J connectivity index is 2.14. The predicted molar refractivity (Wildman–Crippen MR) is 113 cm³/mol. The van der Waals surface area contributed by atoms with E-state index in [4.69, 9.17) is 23.2 Å². The molecule has 0 fully saturated rings. The normalized spacial score (nSPS) is 13.6. The molecule has 0 atom stereocenters. The van der Waals surface area contributed by atoms with Crippen LogP contribution in [0.5, 0.6) is 0 Å².